The molecule has 2 aliphatic carbocycles. The maximum absolute atomic E-state index is 5.23. The predicted molar refractivity (Wildman–Crippen MR) is 229 cm³/mol. The van der Waals surface area contributed by atoms with Gasteiger partial charge in [-0.1, -0.05) is 165 Å². The van der Waals surface area contributed by atoms with E-state index in [1.807, 2.05) is 0 Å². The highest BCUT2D eigenvalue weighted by Gasteiger charge is 2.51. The van der Waals surface area contributed by atoms with Crippen LogP contribution in [0.15, 0.2) is 187 Å². The summed E-state index contributed by atoms with van der Waals surface area (Å²) in [6.45, 7) is 3.01. The lowest BCUT2D eigenvalue weighted by Crippen LogP contribution is -2.36. The summed E-state index contributed by atoms with van der Waals surface area (Å²) in [7, 11) is 0. The van der Waals surface area contributed by atoms with Gasteiger partial charge in [0.15, 0.2) is 0 Å². The van der Waals surface area contributed by atoms with Gasteiger partial charge in [-0.3, -0.25) is 4.99 Å². The molecule has 3 unspecified atom stereocenters. The summed E-state index contributed by atoms with van der Waals surface area (Å²) < 4.78 is 2.37. The lowest BCUT2D eigenvalue weighted by Gasteiger charge is -2.34. The fourth-order valence-electron chi connectivity index (χ4n) is 10.4. The van der Waals surface area contributed by atoms with E-state index < -0.39 is 5.41 Å². The van der Waals surface area contributed by atoms with Crippen LogP contribution in [0.5, 0.6) is 0 Å². The topological polar surface area (TPSA) is 20.5 Å². The highest BCUT2D eigenvalue weighted by molar-refractivity contribution is 6.09. The van der Waals surface area contributed by atoms with Gasteiger partial charge in [-0.25, -0.2) is 0 Å². The summed E-state index contributed by atoms with van der Waals surface area (Å²) >= 11 is 0. The van der Waals surface area contributed by atoms with Gasteiger partial charge in [-0.05, 0) is 75.5 Å². The summed E-state index contributed by atoms with van der Waals surface area (Å²) in [6.07, 6.45) is 8.01. The van der Waals surface area contributed by atoms with Crippen LogP contribution in [0.3, 0.4) is 0 Å². The third-order valence-electron chi connectivity index (χ3n) is 12.7. The number of hydrogen-bond acceptors (Lipinski definition) is 2. The maximum atomic E-state index is 5.23. The number of benzene rings is 7. The van der Waals surface area contributed by atoms with Gasteiger partial charge in [-0.15, -0.1) is 0 Å². The molecule has 1 aromatic heterocycles. The van der Waals surface area contributed by atoms with E-state index in [9.17, 15) is 0 Å². The number of aliphatic imine (C=N–C) groups is 1. The van der Waals surface area contributed by atoms with Crippen molar-refractivity contribution in [2.45, 2.75) is 30.7 Å². The average molecular weight is 708 g/mol. The molecule has 0 saturated heterocycles. The van der Waals surface area contributed by atoms with Crippen LogP contribution < -0.4 is 4.90 Å². The van der Waals surface area contributed by atoms with E-state index >= 15 is 0 Å². The maximum Gasteiger partial charge on any atom is 0.110 e. The Bertz CT molecular complexity index is 2700. The van der Waals surface area contributed by atoms with Crippen LogP contribution in [0.4, 0.5) is 5.69 Å². The first-order chi connectivity index (χ1) is 27.2. The Morgan fingerprint density at radius 3 is 1.95 bits per heavy atom. The van der Waals surface area contributed by atoms with Crippen molar-refractivity contribution in [1.29, 1.82) is 0 Å². The van der Waals surface area contributed by atoms with Crippen molar-refractivity contribution in [1.82, 2.24) is 4.57 Å². The van der Waals surface area contributed by atoms with Gasteiger partial charge in [0.25, 0.3) is 0 Å². The Morgan fingerprint density at radius 1 is 0.636 bits per heavy atom. The Balaban J connectivity index is 1.02. The molecule has 3 heteroatoms. The molecule has 0 spiro atoms. The number of hydrogen-bond donors (Lipinski definition) is 0. The molecule has 2 heterocycles. The average Bonchev–Trinajstić information content (AvgIpc) is 3.87. The molecule has 11 rings (SSSR count). The van der Waals surface area contributed by atoms with Crippen LogP contribution in [0, 0.1) is 5.92 Å². The van der Waals surface area contributed by atoms with Crippen LogP contribution >= 0.6 is 0 Å². The zero-order valence-electron chi connectivity index (χ0n) is 30.9. The number of nitrogens with zero attached hydrogens (tertiary/aromatic N) is 3. The second kappa shape index (κ2) is 12.6. The summed E-state index contributed by atoms with van der Waals surface area (Å²) in [5.41, 5.74) is 15.1. The molecule has 7 aromatic carbocycles. The summed E-state index contributed by atoms with van der Waals surface area (Å²) in [4.78, 5) is 7.83. The van der Waals surface area contributed by atoms with E-state index in [0.717, 1.165) is 17.7 Å². The monoisotopic (exact) mass is 707 g/mol. The van der Waals surface area contributed by atoms with E-state index in [2.05, 4.69) is 205 Å². The van der Waals surface area contributed by atoms with Crippen molar-refractivity contribution < 1.29 is 0 Å². The molecule has 0 fully saturated rings. The standard InChI is InChI=1S/C52H41N3/c1-35-15-14-26-48-49(35)43-31-32-45-50(42-22-8-11-23-44(42)52(45,37-16-4-2-5-17-37)38-18-6-3-7-19-38)51(43)54(48)34-53-33-36-27-29-39(30-28-36)55-46-24-12-9-20-40(46)41-21-10-13-25-47(41)55/h2-14,16-33,35,48-49H,15,34H2,1H3. The number of aromatic nitrogens is 1. The Kier molecular flexibility index (Phi) is 7.32. The normalized spacial score (nSPS) is 19.1. The molecule has 3 nitrogen and oxygen atoms in total. The lowest BCUT2D eigenvalue weighted by molar-refractivity contribution is 0.419. The van der Waals surface area contributed by atoms with Crippen LogP contribution in [-0.4, -0.2) is 23.5 Å². The largest absolute Gasteiger partial charge is 0.344 e. The molecule has 0 N–H and O–H groups in total. The number of para-hydroxylation sites is 2. The Morgan fingerprint density at radius 2 is 1.25 bits per heavy atom. The van der Waals surface area contributed by atoms with E-state index in [4.69, 9.17) is 4.99 Å². The number of rotatable bonds is 6. The second-order valence-corrected chi connectivity index (χ2v) is 15.5. The fourth-order valence-corrected chi connectivity index (χ4v) is 10.4. The number of allylic oxidation sites excluding steroid dienone is 1. The van der Waals surface area contributed by atoms with Gasteiger partial charge in [0.2, 0.25) is 0 Å². The van der Waals surface area contributed by atoms with Crippen molar-refractivity contribution >= 4 is 33.7 Å². The fraction of sp³-hybridized carbons (Fsp3) is 0.135. The van der Waals surface area contributed by atoms with E-state index in [-0.39, 0.29) is 6.04 Å². The summed E-state index contributed by atoms with van der Waals surface area (Å²) in [5, 5.41) is 2.55. The molecule has 0 radical (unpaired) electrons. The third-order valence-corrected chi connectivity index (χ3v) is 12.7. The minimum absolute atomic E-state index is 0.260. The number of anilines is 1. The van der Waals surface area contributed by atoms with Gasteiger partial charge < -0.3 is 9.47 Å². The molecule has 0 bridgehead atoms. The van der Waals surface area contributed by atoms with Crippen molar-refractivity contribution in [3.63, 3.8) is 0 Å². The Hall–Kier alpha value is -6.45. The molecule has 55 heavy (non-hydrogen) atoms. The smallest absolute Gasteiger partial charge is 0.110 e. The van der Waals surface area contributed by atoms with Gasteiger partial charge in [0.1, 0.15) is 6.67 Å². The van der Waals surface area contributed by atoms with Gasteiger partial charge in [-0.2, -0.15) is 0 Å². The zero-order valence-corrected chi connectivity index (χ0v) is 30.9. The molecule has 264 valence electrons. The molecule has 0 amide bonds. The van der Waals surface area contributed by atoms with E-state index in [0.29, 0.717) is 18.5 Å². The van der Waals surface area contributed by atoms with Gasteiger partial charge >= 0.3 is 0 Å². The summed E-state index contributed by atoms with van der Waals surface area (Å²) in [5.74, 6) is 0.959. The molecule has 1 aliphatic heterocycles. The predicted octanol–water partition coefficient (Wildman–Crippen LogP) is 12.1. The summed E-state index contributed by atoms with van der Waals surface area (Å²) in [6, 6.07) is 62.8. The highest BCUT2D eigenvalue weighted by atomic mass is 15.3. The highest BCUT2D eigenvalue weighted by Crippen LogP contribution is 2.62. The lowest BCUT2D eigenvalue weighted by atomic mass is 9.67. The third kappa shape index (κ3) is 4.66. The van der Waals surface area contributed by atoms with Crippen LogP contribution in [0.25, 0.3) is 38.6 Å². The van der Waals surface area contributed by atoms with Crippen molar-refractivity contribution in [3.05, 3.63) is 215 Å². The molecule has 3 aliphatic rings. The van der Waals surface area contributed by atoms with Crippen LogP contribution in [0.2, 0.25) is 0 Å². The molecule has 0 saturated carbocycles. The zero-order chi connectivity index (χ0) is 36.5. The first kappa shape index (κ1) is 32.0. The molecular weight excluding hydrogens is 667 g/mol. The number of fused-ring (bicyclic) bond motifs is 10. The van der Waals surface area contributed by atoms with Crippen LogP contribution in [0.1, 0.15) is 52.6 Å². The second-order valence-electron chi connectivity index (χ2n) is 15.5. The molecule has 3 atom stereocenters. The quantitative estimate of drug-likeness (QED) is 0.124. The van der Waals surface area contributed by atoms with Crippen LogP contribution in [-0.2, 0) is 5.41 Å². The van der Waals surface area contributed by atoms with Gasteiger partial charge in [0.05, 0.1) is 28.2 Å². The molecule has 8 aromatic rings. The first-order valence-corrected chi connectivity index (χ1v) is 19.6. The Labute approximate surface area is 322 Å². The first-order valence-electron chi connectivity index (χ1n) is 19.6. The van der Waals surface area contributed by atoms with Gasteiger partial charge in [0, 0.05) is 34.2 Å². The van der Waals surface area contributed by atoms with E-state index in [1.165, 1.54) is 66.4 Å². The minimum atomic E-state index is -0.425. The molecular formula is C52H41N3. The van der Waals surface area contributed by atoms with Crippen molar-refractivity contribution in [2.24, 2.45) is 10.9 Å². The van der Waals surface area contributed by atoms with Crippen molar-refractivity contribution in [3.8, 4) is 16.8 Å². The van der Waals surface area contributed by atoms with E-state index in [1.54, 1.807) is 0 Å². The van der Waals surface area contributed by atoms with Crippen molar-refractivity contribution in [2.75, 3.05) is 11.6 Å². The SMILES string of the molecule is CC1CC=CC2C1c1ccc3c(c1N2CN=Cc1ccc(-n2c4ccccc4c4ccccc42)cc1)-c1ccccc1C3(c1ccccc1)c1ccccc1. The minimum Gasteiger partial charge on any atom is -0.344 e.